The van der Waals surface area contributed by atoms with Gasteiger partial charge in [-0.05, 0) is 133 Å². The first-order chi connectivity index (χ1) is 34.5. The smallest absolute Gasteiger partial charge is 0.247 e. The van der Waals surface area contributed by atoms with Crippen LogP contribution in [-0.2, 0) is 19.1 Å². The number of nitrogens with two attached hydrogens (primary N) is 1. The number of aromatic nitrogens is 4. The van der Waals surface area contributed by atoms with Crippen LogP contribution in [0.25, 0.3) is 44.1 Å². The molecule has 5 N–H and O–H groups in total. The van der Waals surface area contributed by atoms with Gasteiger partial charge in [0.1, 0.15) is 0 Å². The lowest BCUT2D eigenvalue weighted by Gasteiger charge is -2.28. The van der Waals surface area contributed by atoms with Gasteiger partial charge in [0.05, 0.1) is 37.5 Å². The summed E-state index contributed by atoms with van der Waals surface area (Å²) in [5, 5.41) is 10.9. The topological polar surface area (TPSA) is 173 Å². The molecular weight excluding hydrogens is 924 g/mol. The molecule has 0 atom stereocenters. The van der Waals surface area contributed by atoms with E-state index in [9.17, 15) is 9.59 Å². The Morgan fingerprint density at radius 3 is 1.49 bits per heavy atom. The summed E-state index contributed by atoms with van der Waals surface area (Å²) >= 11 is 4.71. The van der Waals surface area contributed by atoms with Crippen LogP contribution in [0.1, 0.15) is 18.6 Å². The van der Waals surface area contributed by atoms with E-state index in [2.05, 4.69) is 123 Å². The predicted molar refractivity (Wildman–Crippen MR) is 296 cm³/mol. The van der Waals surface area contributed by atoms with Gasteiger partial charge in [-0.25, -0.2) is 19.9 Å². The lowest BCUT2D eigenvalue weighted by Crippen LogP contribution is -2.36. The van der Waals surface area contributed by atoms with Crippen LogP contribution in [-0.4, -0.2) is 83.7 Å². The summed E-state index contributed by atoms with van der Waals surface area (Å²) in [5.74, 6) is 0.854. The fourth-order valence-electron chi connectivity index (χ4n) is 8.30. The van der Waals surface area contributed by atoms with Gasteiger partial charge in [-0.1, -0.05) is 69.1 Å². The minimum Gasteiger partial charge on any atom is -0.399 e. The Labute approximate surface area is 425 Å². The third-order valence-electron chi connectivity index (χ3n) is 11.9. The Balaban J connectivity index is 0.000000192. The second-order valence-electron chi connectivity index (χ2n) is 16.7. The molecule has 0 saturated carbocycles. The van der Waals surface area contributed by atoms with Gasteiger partial charge in [-0.15, -0.1) is 0 Å². The number of rotatable bonds is 11. The third-order valence-corrected chi connectivity index (χ3v) is 12.0. The Bertz CT molecular complexity index is 3170. The summed E-state index contributed by atoms with van der Waals surface area (Å²) in [5.41, 5.74) is 19.8. The number of carbonyl (C=O) groups is 2. The van der Waals surface area contributed by atoms with Crippen molar-refractivity contribution in [2.24, 2.45) is 0 Å². The summed E-state index contributed by atoms with van der Waals surface area (Å²) in [6.07, 6.45) is 6.00. The molecule has 0 spiro atoms. The molecule has 2 aromatic heterocycles. The monoisotopic (exact) mass is 982 g/mol. The van der Waals surface area contributed by atoms with E-state index in [1.54, 1.807) is 0 Å². The number of carbonyl (C=O) groups excluding carboxylic acids is 2. The highest BCUT2D eigenvalue weighted by molar-refractivity contribution is 6.66. The van der Waals surface area contributed by atoms with Gasteiger partial charge >= 0.3 is 0 Å². The molecule has 368 valence electrons. The van der Waals surface area contributed by atoms with Crippen LogP contribution in [0.3, 0.4) is 0 Å². The van der Waals surface area contributed by atoms with Crippen molar-refractivity contribution < 1.29 is 19.1 Å². The normalized spacial score (nSPS) is 13.0. The van der Waals surface area contributed by atoms with E-state index < -0.39 is 5.24 Å². The SMILES string of the molecule is C.C=CC(=O)Cl.C=CC(=O)Nc1cccc(-c2c(C)ccc3cnc(Nc4ccc(N5CCOCC5)cc4)nc23)c1.Cc1ccc2cnc(Nc3ccc(N4CCOCC4)cc3)nc2c1-c1cccc(N)c1. The maximum absolute atomic E-state index is 11.8. The Morgan fingerprint density at radius 1 is 0.611 bits per heavy atom. The van der Waals surface area contributed by atoms with Gasteiger partial charge in [0.2, 0.25) is 23.0 Å². The molecule has 8 aromatic rings. The van der Waals surface area contributed by atoms with E-state index >= 15 is 0 Å². The molecule has 15 heteroatoms. The molecular formula is C57H59ClN10O4. The molecule has 14 nitrogen and oxygen atoms in total. The van der Waals surface area contributed by atoms with E-state index in [0.717, 1.165) is 131 Å². The highest BCUT2D eigenvalue weighted by Crippen LogP contribution is 2.35. The molecule has 72 heavy (non-hydrogen) atoms. The van der Waals surface area contributed by atoms with Crippen LogP contribution in [0.5, 0.6) is 0 Å². The Kier molecular flexibility index (Phi) is 17.6. The number of aryl methyl sites for hydroxylation is 2. The maximum atomic E-state index is 11.8. The molecule has 4 heterocycles. The largest absolute Gasteiger partial charge is 0.399 e. The van der Waals surface area contributed by atoms with Gasteiger partial charge in [0.25, 0.3) is 0 Å². The number of anilines is 8. The number of nitrogens with zero attached hydrogens (tertiary/aromatic N) is 6. The summed E-state index contributed by atoms with van der Waals surface area (Å²) in [6.45, 7) is 17.5. The first-order valence-electron chi connectivity index (χ1n) is 23.2. The number of ether oxygens (including phenoxy) is 2. The molecule has 2 aliphatic rings. The highest BCUT2D eigenvalue weighted by Gasteiger charge is 2.16. The molecule has 0 radical (unpaired) electrons. The number of fused-ring (bicyclic) bond motifs is 2. The fourth-order valence-corrected chi connectivity index (χ4v) is 8.30. The Hall–Kier alpha value is -8.17. The number of hydrogen-bond acceptors (Lipinski definition) is 13. The lowest BCUT2D eigenvalue weighted by atomic mass is 9.97. The molecule has 0 bridgehead atoms. The van der Waals surface area contributed by atoms with Gasteiger partial charge in [-0.2, -0.15) is 0 Å². The van der Waals surface area contributed by atoms with Crippen molar-refractivity contribution in [3.63, 3.8) is 0 Å². The van der Waals surface area contributed by atoms with Crippen LogP contribution in [0.15, 0.2) is 159 Å². The molecule has 2 fully saturated rings. The second-order valence-corrected chi connectivity index (χ2v) is 17.1. The Morgan fingerprint density at radius 2 is 1.06 bits per heavy atom. The van der Waals surface area contributed by atoms with Gasteiger partial charge in [0, 0.05) is 94.6 Å². The number of allylic oxidation sites excluding steroid dienone is 1. The van der Waals surface area contributed by atoms with Crippen LogP contribution >= 0.6 is 11.6 Å². The summed E-state index contributed by atoms with van der Waals surface area (Å²) in [4.78, 5) is 44.7. The zero-order valence-corrected chi connectivity index (χ0v) is 40.5. The maximum Gasteiger partial charge on any atom is 0.247 e. The second kappa shape index (κ2) is 24.6. The number of morpholine rings is 2. The minimum absolute atomic E-state index is 0. The van der Waals surface area contributed by atoms with Crippen LogP contribution < -0.4 is 31.5 Å². The van der Waals surface area contributed by atoms with Crippen molar-refractivity contribution in [3.8, 4) is 22.3 Å². The van der Waals surface area contributed by atoms with E-state index in [0.29, 0.717) is 17.6 Å². The third kappa shape index (κ3) is 13.2. The summed E-state index contributed by atoms with van der Waals surface area (Å²) in [7, 11) is 0. The standard InChI is InChI=1S/C28H27N5O2.C25H25N5O.C3H3ClO.CH4/c1-3-25(34)30-23-6-4-5-20(17-23)26-19(2)7-8-21-18-29-28(32-27(21)26)31-22-9-11-24(12-10-22)33-13-15-35-16-14-33;1-17-5-6-19-16-27-25(29-24(19)23(17)18-3-2-4-20(26)15-18)28-21-7-9-22(10-8-21)30-11-13-31-14-12-30;1-2-3(4)5;/h3-12,17-18H,1,13-16H2,2H3,(H,30,34)(H,29,31,32);2-10,15-16H,11-14,26H2,1H3,(H,27,28,29);2H,1H2;1H4. The molecule has 1 amide bonds. The number of nitrogen functional groups attached to an aromatic ring is 1. The minimum atomic E-state index is -0.509. The molecule has 2 saturated heterocycles. The van der Waals surface area contributed by atoms with E-state index in [1.807, 2.05) is 73.1 Å². The molecule has 2 aliphatic heterocycles. The highest BCUT2D eigenvalue weighted by atomic mass is 35.5. The van der Waals surface area contributed by atoms with Crippen molar-refractivity contribution in [2.75, 3.05) is 84.1 Å². The van der Waals surface area contributed by atoms with Crippen LogP contribution in [0, 0.1) is 13.8 Å². The first-order valence-corrected chi connectivity index (χ1v) is 23.6. The van der Waals surface area contributed by atoms with Gasteiger partial charge in [0.15, 0.2) is 0 Å². The lowest BCUT2D eigenvalue weighted by molar-refractivity contribution is -0.112. The zero-order valence-electron chi connectivity index (χ0n) is 39.7. The number of benzene rings is 6. The first kappa shape index (κ1) is 51.7. The number of halogens is 1. The summed E-state index contributed by atoms with van der Waals surface area (Å²) in [6, 6.07) is 40.6. The van der Waals surface area contributed by atoms with E-state index in [4.69, 9.17) is 36.8 Å². The average molecular weight is 984 g/mol. The van der Waals surface area contributed by atoms with Crippen molar-refractivity contribution in [1.29, 1.82) is 0 Å². The average Bonchev–Trinajstić information content (AvgIpc) is 3.40. The quantitative estimate of drug-likeness (QED) is 0.0548. The molecule has 0 unspecified atom stereocenters. The van der Waals surface area contributed by atoms with Gasteiger partial charge < -0.3 is 41.0 Å². The summed E-state index contributed by atoms with van der Waals surface area (Å²) < 4.78 is 10.9. The number of hydrogen-bond donors (Lipinski definition) is 4. The molecule has 10 rings (SSSR count). The van der Waals surface area contributed by atoms with Crippen molar-refractivity contribution in [1.82, 2.24) is 19.9 Å². The molecule has 0 aliphatic carbocycles. The van der Waals surface area contributed by atoms with E-state index in [-0.39, 0.29) is 13.3 Å². The number of nitrogens with one attached hydrogen (secondary N) is 3. The van der Waals surface area contributed by atoms with E-state index in [1.165, 1.54) is 17.5 Å². The van der Waals surface area contributed by atoms with Crippen LogP contribution in [0.2, 0.25) is 0 Å². The number of amides is 1. The zero-order chi connectivity index (χ0) is 49.7. The molecule has 6 aromatic carbocycles. The van der Waals surface area contributed by atoms with Crippen molar-refractivity contribution >= 4 is 90.6 Å². The fraction of sp³-hybridized carbons (Fsp3) is 0.193. The predicted octanol–water partition coefficient (Wildman–Crippen LogP) is 11.7. The van der Waals surface area contributed by atoms with Crippen molar-refractivity contribution in [2.45, 2.75) is 21.3 Å². The van der Waals surface area contributed by atoms with Crippen LogP contribution in [0.4, 0.5) is 46.0 Å². The van der Waals surface area contributed by atoms with Crippen molar-refractivity contribution in [3.05, 3.63) is 170 Å². The van der Waals surface area contributed by atoms with Gasteiger partial charge in [-0.3, -0.25) is 9.59 Å².